The van der Waals surface area contributed by atoms with Gasteiger partial charge in [-0.1, -0.05) is 0 Å². The van der Waals surface area contributed by atoms with Crippen molar-refractivity contribution >= 4 is 26.9 Å². The van der Waals surface area contributed by atoms with Crippen molar-refractivity contribution < 1.29 is 9.15 Å². The number of rotatable bonds is 3. The number of methoxy groups -OCH3 is 1. The maximum Gasteiger partial charge on any atom is 0.176 e. The van der Waals surface area contributed by atoms with E-state index < -0.39 is 0 Å². The summed E-state index contributed by atoms with van der Waals surface area (Å²) in [7, 11) is 1.66. The lowest BCUT2D eigenvalue weighted by Crippen LogP contribution is -2.24. The number of hydrogen-bond acceptors (Lipinski definition) is 3. The summed E-state index contributed by atoms with van der Waals surface area (Å²) in [4.78, 5) is 0. The highest BCUT2D eigenvalue weighted by atomic mass is 79.9. The molecule has 0 radical (unpaired) electrons. The molecular formula is C13H14BrNO2. The molecule has 0 saturated heterocycles. The van der Waals surface area contributed by atoms with Crippen LogP contribution in [0.3, 0.4) is 0 Å². The van der Waals surface area contributed by atoms with Gasteiger partial charge in [0.25, 0.3) is 0 Å². The Morgan fingerprint density at radius 1 is 1.53 bits per heavy atom. The molecule has 2 aromatic rings. The van der Waals surface area contributed by atoms with E-state index in [1.54, 1.807) is 13.4 Å². The minimum Gasteiger partial charge on any atom is -0.493 e. The van der Waals surface area contributed by atoms with Gasteiger partial charge in [-0.3, -0.25) is 0 Å². The van der Waals surface area contributed by atoms with Gasteiger partial charge in [0.15, 0.2) is 11.3 Å². The van der Waals surface area contributed by atoms with Crippen molar-refractivity contribution in [3.05, 3.63) is 28.4 Å². The summed E-state index contributed by atoms with van der Waals surface area (Å²) in [6, 6.07) is 3.96. The van der Waals surface area contributed by atoms with Crippen molar-refractivity contribution in [2.24, 2.45) is 5.73 Å². The monoisotopic (exact) mass is 295 g/mol. The molecule has 3 rings (SSSR count). The summed E-state index contributed by atoms with van der Waals surface area (Å²) in [5, 5.41) is 1.05. The molecule has 0 unspecified atom stereocenters. The van der Waals surface area contributed by atoms with Crippen LogP contribution in [0.1, 0.15) is 18.4 Å². The molecule has 0 amide bonds. The van der Waals surface area contributed by atoms with Gasteiger partial charge in [0.2, 0.25) is 0 Å². The van der Waals surface area contributed by atoms with Crippen LogP contribution in [0.4, 0.5) is 0 Å². The molecule has 0 bridgehead atoms. The van der Waals surface area contributed by atoms with Crippen LogP contribution in [0, 0.1) is 0 Å². The third-order valence-electron chi connectivity index (χ3n) is 3.37. The van der Waals surface area contributed by atoms with Gasteiger partial charge in [-0.05, 0) is 52.9 Å². The fraction of sp³-hybridized carbons (Fsp3) is 0.385. The maximum absolute atomic E-state index is 6.17. The second-order valence-corrected chi connectivity index (χ2v) is 5.55. The number of benzene rings is 1. The second-order valence-electron chi connectivity index (χ2n) is 4.75. The molecule has 1 saturated carbocycles. The molecule has 4 heteroatoms. The van der Waals surface area contributed by atoms with E-state index in [0.29, 0.717) is 0 Å². The van der Waals surface area contributed by atoms with E-state index in [0.717, 1.165) is 40.5 Å². The van der Waals surface area contributed by atoms with E-state index in [4.69, 9.17) is 14.9 Å². The average Bonchev–Trinajstić information content (AvgIpc) is 2.85. The molecular weight excluding hydrogens is 282 g/mol. The van der Waals surface area contributed by atoms with Crippen LogP contribution >= 0.6 is 15.9 Å². The number of hydrogen-bond donors (Lipinski definition) is 1. The van der Waals surface area contributed by atoms with Crippen LogP contribution in [0.5, 0.6) is 5.75 Å². The van der Waals surface area contributed by atoms with Gasteiger partial charge in [0.05, 0.1) is 13.4 Å². The quantitative estimate of drug-likeness (QED) is 0.946. The number of fused-ring (bicyclic) bond motifs is 1. The lowest BCUT2D eigenvalue weighted by Gasteiger charge is -2.12. The normalized spacial score (nSPS) is 17.4. The summed E-state index contributed by atoms with van der Waals surface area (Å²) < 4.78 is 11.9. The van der Waals surface area contributed by atoms with Gasteiger partial charge in [-0.25, -0.2) is 0 Å². The first kappa shape index (κ1) is 11.1. The van der Waals surface area contributed by atoms with Crippen LogP contribution in [-0.2, 0) is 6.42 Å². The van der Waals surface area contributed by atoms with E-state index in [1.165, 1.54) is 5.56 Å². The van der Waals surface area contributed by atoms with Gasteiger partial charge in [0, 0.05) is 15.4 Å². The Hall–Kier alpha value is -1.00. The van der Waals surface area contributed by atoms with E-state index in [1.807, 2.05) is 12.1 Å². The number of nitrogens with two attached hydrogens (primary N) is 1. The predicted octanol–water partition coefficient (Wildman–Crippen LogP) is 3.24. The lowest BCUT2D eigenvalue weighted by atomic mass is 10.0. The molecule has 90 valence electrons. The summed E-state index contributed by atoms with van der Waals surface area (Å²) in [5.74, 6) is 0.771. The Labute approximate surface area is 108 Å². The number of ether oxygens (including phenoxy) is 1. The molecule has 1 fully saturated rings. The summed E-state index contributed by atoms with van der Waals surface area (Å²) >= 11 is 3.63. The van der Waals surface area contributed by atoms with Crippen molar-refractivity contribution in [3.8, 4) is 5.75 Å². The molecule has 3 nitrogen and oxygen atoms in total. The molecule has 17 heavy (non-hydrogen) atoms. The van der Waals surface area contributed by atoms with Crippen molar-refractivity contribution in [1.82, 2.24) is 0 Å². The van der Waals surface area contributed by atoms with E-state index in [9.17, 15) is 0 Å². The molecule has 1 aromatic heterocycles. The van der Waals surface area contributed by atoms with Gasteiger partial charge >= 0.3 is 0 Å². The fourth-order valence-corrected chi connectivity index (χ4v) is 2.70. The molecule has 0 spiro atoms. The minimum absolute atomic E-state index is 0.00898. The number of halogens is 1. The first-order valence-electron chi connectivity index (χ1n) is 5.64. The molecule has 0 aliphatic heterocycles. The highest BCUT2D eigenvalue weighted by molar-refractivity contribution is 9.10. The molecule has 1 heterocycles. The van der Waals surface area contributed by atoms with E-state index in [2.05, 4.69) is 15.9 Å². The predicted molar refractivity (Wildman–Crippen MR) is 70.3 cm³/mol. The van der Waals surface area contributed by atoms with E-state index in [-0.39, 0.29) is 5.54 Å². The summed E-state index contributed by atoms with van der Waals surface area (Å²) in [5.41, 5.74) is 8.14. The minimum atomic E-state index is -0.00898. The first-order valence-corrected chi connectivity index (χ1v) is 6.44. The van der Waals surface area contributed by atoms with Crippen LogP contribution in [0.25, 0.3) is 11.0 Å². The average molecular weight is 296 g/mol. The third-order valence-corrected chi connectivity index (χ3v) is 4.30. The maximum atomic E-state index is 6.17. The zero-order valence-corrected chi connectivity index (χ0v) is 11.2. The zero-order valence-electron chi connectivity index (χ0n) is 9.63. The Balaban J connectivity index is 2.13. The zero-order chi connectivity index (χ0) is 12.0. The van der Waals surface area contributed by atoms with Gasteiger partial charge < -0.3 is 14.9 Å². The van der Waals surface area contributed by atoms with E-state index >= 15 is 0 Å². The van der Waals surface area contributed by atoms with Gasteiger partial charge in [-0.15, -0.1) is 0 Å². The smallest absolute Gasteiger partial charge is 0.176 e. The second kappa shape index (κ2) is 3.75. The summed E-state index contributed by atoms with van der Waals surface area (Å²) in [6.45, 7) is 0. The topological polar surface area (TPSA) is 48.4 Å². The molecule has 1 aromatic carbocycles. The molecule has 1 aliphatic rings. The molecule has 0 atom stereocenters. The SMILES string of the molecule is COc1cc(CC2(N)CC2)c(Br)c2ccoc12. The van der Waals surface area contributed by atoms with Crippen molar-refractivity contribution in [1.29, 1.82) is 0 Å². The third kappa shape index (κ3) is 1.85. The highest BCUT2D eigenvalue weighted by Crippen LogP contribution is 2.41. The molecule has 1 aliphatic carbocycles. The number of furan rings is 1. The van der Waals surface area contributed by atoms with Crippen LogP contribution < -0.4 is 10.5 Å². The van der Waals surface area contributed by atoms with Crippen molar-refractivity contribution in [3.63, 3.8) is 0 Å². The Morgan fingerprint density at radius 2 is 2.29 bits per heavy atom. The Kier molecular flexibility index (Phi) is 2.45. The van der Waals surface area contributed by atoms with Gasteiger partial charge in [-0.2, -0.15) is 0 Å². The summed E-state index contributed by atoms with van der Waals surface area (Å²) in [6.07, 6.45) is 4.76. The van der Waals surface area contributed by atoms with Crippen molar-refractivity contribution in [2.75, 3.05) is 7.11 Å². The first-order chi connectivity index (χ1) is 8.13. The standard InChI is InChI=1S/C13H14BrNO2/c1-16-10-6-8(7-13(15)3-4-13)11(14)9-2-5-17-12(9)10/h2,5-6H,3-4,7,15H2,1H3. The lowest BCUT2D eigenvalue weighted by molar-refractivity contribution is 0.409. The van der Waals surface area contributed by atoms with Crippen LogP contribution in [0.2, 0.25) is 0 Å². The largest absolute Gasteiger partial charge is 0.493 e. The highest BCUT2D eigenvalue weighted by Gasteiger charge is 2.38. The fourth-order valence-electron chi connectivity index (χ4n) is 2.13. The Bertz CT molecular complexity index is 572. The Morgan fingerprint density at radius 3 is 2.94 bits per heavy atom. The van der Waals surface area contributed by atoms with Gasteiger partial charge in [0.1, 0.15) is 0 Å². The van der Waals surface area contributed by atoms with Crippen LogP contribution in [0.15, 0.2) is 27.3 Å². The van der Waals surface area contributed by atoms with Crippen molar-refractivity contribution in [2.45, 2.75) is 24.8 Å². The molecule has 2 N–H and O–H groups in total. The van der Waals surface area contributed by atoms with Crippen LogP contribution in [-0.4, -0.2) is 12.6 Å².